The fraction of sp³-hybridized carbons (Fsp3) is 0.778. The molecule has 3 atom stereocenters. The van der Waals surface area contributed by atoms with Crippen LogP contribution < -0.4 is 11.3 Å². The van der Waals surface area contributed by atoms with Crippen LogP contribution in [0.1, 0.15) is 19.0 Å². The van der Waals surface area contributed by atoms with Crippen LogP contribution in [0.5, 0.6) is 0 Å². The Kier molecular flexibility index (Phi) is 2.52. The summed E-state index contributed by atoms with van der Waals surface area (Å²) < 4.78 is 1.72. The number of hydrazine groups is 1. The smallest absolute Gasteiger partial charge is 0.0843 e. The molecule has 0 radical (unpaired) electrons. The zero-order chi connectivity index (χ0) is 10.1. The Labute approximate surface area is 83.6 Å². The van der Waals surface area contributed by atoms with Crippen LogP contribution in [-0.4, -0.2) is 21.0 Å². The van der Waals surface area contributed by atoms with Crippen LogP contribution in [0.2, 0.25) is 0 Å². The lowest BCUT2D eigenvalue weighted by Gasteiger charge is -2.13. The van der Waals surface area contributed by atoms with Crippen molar-refractivity contribution in [2.75, 3.05) is 0 Å². The van der Waals surface area contributed by atoms with Gasteiger partial charge in [-0.05, 0) is 18.3 Å². The molecule has 78 valence electrons. The molecular weight excluding hydrogens is 178 g/mol. The zero-order valence-corrected chi connectivity index (χ0v) is 8.64. The van der Waals surface area contributed by atoms with E-state index in [9.17, 15) is 0 Å². The van der Waals surface area contributed by atoms with E-state index in [0.29, 0.717) is 12.0 Å². The van der Waals surface area contributed by atoms with Gasteiger partial charge in [-0.3, -0.25) is 16.0 Å². The van der Waals surface area contributed by atoms with Crippen molar-refractivity contribution in [1.82, 2.24) is 20.4 Å². The molecule has 0 saturated heterocycles. The van der Waals surface area contributed by atoms with E-state index in [1.165, 1.54) is 6.42 Å². The van der Waals surface area contributed by atoms with Gasteiger partial charge in [-0.1, -0.05) is 12.1 Å². The van der Waals surface area contributed by atoms with Gasteiger partial charge < -0.3 is 0 Å². The predicted octanol–water partition coefficient (Wildman–Crippen LogP) is -0.154. The SMILES string of the molecule is CC1CC1C(Cc1cn(C)nn1)NN. The quantitative estimate of drug-likeness (QED) is 0.517. The minimum absolute atomic E-state index is 0.349. The maximum atomic E-state index is 5.53. The molecule has 1 aromatic heterocycles. The van der Waals surface area contributed by atoms with Gasteiger partial charge in [0, 0.05) is 25.7 Å². The van der Waals surface area contributed by atoms with Crippen molar-refractivity contribution in [2.45, 2.75) is 25.8 Å². The summed E-state index contributed by atoms with van der Waals surface area (Å²) in [7, 11) is 1.88. The molecule has 3 unspecified atom stereocenters. The Bertz CT molecular complexity index is 308. The number of hydrogen-bond donors (Lipinski definition) is 2. The summed E-state index contributed by atoms with van der Waals surface area (Å²) in [5.41, 5.74) is 3.88. The lowest BCUT2D eigenvalue weighted by atomic mass is 10.1. The Balaban J connectivity index is 1.94. The van der Waals surface area contributed by atoms with Gasteiger partial charge in [0.15, 0.2) is 0 Å². The first-order valence-corrected chi connectivity index (χ1v) is 5.02. The number of hydrogen-bond acceptors (Lipinski definition) is 4. The molecule has 2 rings (SSSR count). The Hall–Kier alpha value is -0.940. The summed E-state index contributed by atoms with van der Waals surface area (Å²) in [5, 5.41) is 7.96. The molecule has 5 heteroatoms. The Morgan fingerprint density at radius 1 is 1.79 bits per heavy atom. The van der Waals surface area contributed by atoms with Crippen LogP contribution in [0.25, 0.3) is 0 Å². The molecule has 0 aliphatic heterocycles. The number of aryl methyl sites for hydroxylation is 1. The molecule has 0 spiro atoms. The van der Waals surface area contributed by atoms with Crippen molar-refractivity contribution in [3.05, 3.63) is 11.9 Å². The lowest BCUT2D eigenvalue weighted by molar-refractivity contribution is 0.450. The number of nitrogens with zero attached hydrogens (tertiary/aromatic N) is 3. The first kappa shape index (κ1) is 9.61. The van der Waals surface area contributed by atoms with Crippen LogP contribution in [0.3, 0.4) is 0 Å². The Morgan fingerprint density at radius 3 is 2.93 bits per heavy atom. The number of nitrogens with two attached hydrogens (primary N) is 1. The summed E-state index contributed by atoms with van der Waals surface area (Å²) in [5.74, 6) is 7.03. The number of rotatable bonds is 4. The number of aromatic nitrogens is 3. The molecule has 1 aliphatic rings. The van der Waals surface area contributed by atoms with Crippen LogP contribution in [0.15, 0.2) is 6.20 Å². The zero-order valence-electron chi connectivity index (χ0n) is 8.64. The summed E-state index contributed by atoms with van der Waals surface area (Å²) in [6.07, 6.45) is 4.09. The van der Waals surface area contributed by atoms with Gasteiger partial charge in [-0.25, -0.2) is 0 Å². The van der Waals surface area contributed by atoms with Crippen molar-refractivity contribution in [2.24, 2.45) is 24.7 Å². The molecule has 0 amide bonds. The normalized spacial score (nSPS) is 27.6. The van der Waals surface area contributed by atoms with E-state index >= 15 is 0 Å². The van der Waals surface area contributed by atoms with Gasteiger partial charge in [0.1, 0.15) is 0 Å². The molecule has 1 aliphatic carbocycles. The average Bonchev–Trinajstić information content (AvgIpc) is 2.72. The molecule has 5 nitrogen and oxygen atoms in total. The van der Waals surface area contributed by atoms with Crippen molar-refractivity contribution in [1.29, 1.82) is 0 Å². The van der Waals surface area contributed by atoms with Crippen molar-refractivity contribution in [3.63, 3.8) is 0 Å². The highest BCUT2D eigenvalue weighted by Gasteiger charge is 2.39. The maximum Gasteiger partial charge on any atom is 0.0843 e. The second kappa shape index (κ2) is 3.67. The third-order valence-corrected chi connectivity index (χ3v) is 2.98. The first-order chi connectivity index (χ1) is 6.70. The average molecular weight is 195 g/mol. The monoisotopic (exact) mass is 195 g/mol. The van der Waals surface area contributed by atoms with Crippen LogP contribution >= 0.6 is 0 Å². The largest absolute Gasteiger partial charge is 0.271 e. The second-order valence-electron chi connectivity index (χ2n) is 4.24. The minimum Gasteiger partial charge on any atom is -0.271 e. The summed E-state index contributed by atoms with van der Waals surface area (Å²) in [6.45, 7) is 2.26. The van der Waals surface area contributed by atoms with Crippen LogP contribution in [0.4, 0.5) is 0 Å². The van der Waals surface area contributed by atoms with Crippen molar-refractivity contribution < 1.29 is 0 Å². The molecule has 1 aromatic rings. The van der Waals surface area contributed by atoms with E-state index in [4.69, 9.17) is 5.84 Å². The van der Waals surface area contributed by atoms with Gasteiger partial charge in [-0.2, -0.15) is 0 Å². The van der Waals surface area contributed by atoms with Gasteiger partial charge >= 0.3 is 0 Å². The fourth-order valence-corrected chi connectivity index (χ4v) is 1.96. The second-order valence-corrected chi connectivity index (χ2v) is 4.24. The van der Waals surface area contributed by atoms with E-state index in [-0.39, 0.29) is 0 Å². The van der Waals surface area contributed by atoms with Crippen molar-refractivity contribution in [3.8, 4) is 0 Å². The molecule has 1 heterocycles. The summed E-state index contributed by atoms with van der Waals surface area (Å²) >= 11 is 0. The van der Waals surface area contributed by atoms with E-state index in [2.05, 4.69) is 22.7 Å². The molecule has 1 fully saturated rings. The molecule has 14 heavy (non-hydrogen) atoms. The van der Waals surface area contributed by atoms with Gasteiger partial charge in [0.2, 0.25) is 0 Å². The standard InChI is InChI=1S/C9H17N5/c1-6-3-8(6)9(11-10)4-7-5-14(2)13-12-7/h5-6,8-9,11H,3-4,10H2,1-2H3. The van der Waals surface area contributed by atoms with Crippen LogP contribution in [-0.2, 0) is 13.5 Å². The maximum absolute atomic E-state index is 5.53. The Morgan fingerprint density at radius 2 is 2.50 bits per heavy atom. The van der Waals surface area contributed by atoms with Crippen molar-refractivity contribution >= 4 is 0 Å². The molecular formula is C9H17N5. The molecule has 3 N–H and O–H groups in total. The summed E-state index contributed by atoms with van der Waals surface area (Å²) in [4.78, 5) is 0. The molecule has 0 aromatic carbocycles. The van der Waals surface area contributed by atoms with Gasteiger partial charge in [0.05, 0.1) is 5.69 Å². The fourth-order valence-electron chi connectivity index (χ4n) is 1.96. The van der Waals surface area contributed by atoms with Crippen LogP contribution in [0, 0.1) is 11.8 Å². The highest BCUT2D eigenvalue weighted by molar-refractivity contribution is 5.01. The lowest BCUT2D eigenvalue weighted by Crippen LogP contribution is -2.39. The first-order valence-electron chi connectivity index (χ1n) is 5.02. The third-order valence-electron chi connectivity index (χ3n) is 2.98. The topological polar surface area (TPSA) is 68.8 Å². The van der Waals surface area contributed by atoms with E-state index in [1.807, 2.05) is 13.2 Å². The van der Waals surface area contributed by atoms with E-state index in [0.717, 1.165) is 18.0 Å². The van der Waals surface area contributed by atoms with E-state index < -0.39 is 0 Å². The third kappa shape index (κ3) is 1.93. The minimum atomic E-state index is 0.349. The van der Waals surface area contributed by atoms with Gasteiger partial charge in [-0.15, -0.1) is 5.10 Å². The predicted molar refractivity (Wildman–Crippen MR) is 53.1 cm³/mol. The molecule has 1 saturated carbocycles. The van der Waals surface area contributed by atoms with E-state index in [1.54, 1.807) is 4.68 Å². The number of nitrogens with one attached hydrogen (secondary N) is 1. The molecule has 0 bridgehead atoms. The van der Waals surface area contributed by atoms with Gasteiger partial charge in [0.25, 0.3) is 0 Å². The summed E-state index contributed by atoms with van der Waals surface area (Å²) in [6, 6.07) is 0.349. The highest BCUT2D eigenvalue weighted by Crippen LogP contribution is 2.41. The highest BCUT2D eigenvalue weighted by atomic mass is 15.4.